The van der Waals surface area contributed by atoms with E-state index in [2.05, 4.69) is 22.5 Å². The summed E-state index contributed by atoms with van der Waals surface area (Å²) < 4.78 is 0. The number of hydrogen-bond acceptors (Lipinski definition) is 3. The Morgan fingerprint density at radius 2 is 2.16 bits per heavy atom. The molecule has 1 aromatic carbocycles. The maximum atomic E-state index is 12.0. The Labute approximate surface area is 119 Å². The van der Waals surface area contributed by atoms with Crippen LogP contribution in [0, 0.1) is 0 Å². The summed E-state index contributed by atoms with van der Waals surface area (Å²) in [5.41, 5.74) is 1.18. The summed E-state index contributed by atoms with van der Waals surface area (Å²) in [7, 11) is 1.68. The van der Waals surface area contributed by atoms with Gasteiger partial charge in [0, 0.05) is 37.7 Å². The third-order valence-corrected chi connectivity index (χ3v) is 3.94. The molecular formula is C14H20ClN3O. The number of halogens is 1. The van der Waals surface area contributed by atoms with E-state index in [1.165, 1.54) is 5.56 Å². The minimum absolute atomic E-state index is 0.0630. The van der Waals surface area contributed by atoms with E-state index in [9.17, 15) is 4.79 Å². The van der Waals surface area contributed by atoms with Crippen molar-refractivity contribution in [1.82, 2.24) is 15.5 Å². The summed E-state index contributed by atoms with van der Waals surface area (Å²) in [6.07, 6.45) is 0. The van der Waals surface area contributed by atoms with Crippen molar-refractivity contribution >= 4 is 17.5 Å². The summed E-state index contributed by atoms with van der Waals surface area (Å²) in [4.78, 5) is 14.2. The van der Waals surface area contributed by atoms with Gasteiger partial charge in [-0.15, -0.1) is 0 Å². The molecular weight excluding hydrogens is 262 g/mol. The number of nitrogens with zero attached hydrogens (tertiary/aromatic N) is 1. The minimum Gasteiger partial charge on any atom is -0.358 e. The zero-order valence-corrected chi connectivity index (χ0v) is 12.1. The number of carbonyl (C=O) groups excluding carboxylic acids is 1. The second-order valence-electron chi connectivity index (χ2n) is 4.80. The summed E-state index contributed by atoms with van der Waals surface area (Å²) in [5, 5.41) is 6.75. The predicted octanol–water partition coefficient (Wildman–Crippen LogP) is 1.42. The fourth-order valence-corrected chi connectivity index (χ4v) is 2.65. The third kappa shape index (κ3) is 3.26. The largest absolute Gasteiger partial charge is 0.358 e. The molecule has 1 heterocycles. The lowest BCUT2D eigenvalue weighted by molar-refractivity contribution is -0.127. The van der Waals surface area contributed by atoms with E-state index in [0.717, 1.165) is 18.1 Å². The molecule has 2 atom stereocenters. The number of likely N-dealkylation sites (N-methyl/N-ethyl adjacent to an activating group) is 1. The number of rotatable bonds is 3. The zero-order valence-electron chi connectivity index (χ0n) is 11.3. The van der Waals surface area contributed by atoms with Crippen molar-refractivity contribution < 1.29 is 4.79 Å². The molecule has 0 aliphatic carbocycles. The second kappa shape index (κ2) is 6.37. The van der Waals surface area contributed by atoms with Crippen LogP contribution in [0.3, 0.4) is 0 Å². The molecule has 1 fully saturated rings. The molecule has 0 aromatic heterocycles. The van der Waals surface area contributed by atoms with E-state index in [4.69, 9.17) is 11.6 Å². The van der Waals surface area contributed by atoms with E-state index in [0.29, 0.717) is 6.54 Å². The van der Waals surface area contributed by atoms with E-state index < -0.39 is 0 Å². The number of amides is 1. The quantitative estimate of drug-likeness (QED) is 0.881. The van der Waals surface area contributed by atoms with E-state index in [1.807, 2.05) is 24.3 Å². The van der Waals surface area contributed by atoms with Gasteiger partial charge in [0.05, 0.1) is 0 Å². The van der Waals surface area contributed by atoms with Crippen LogP contribution in [0.4, 0.5) is 0 Å². The molecule has 1 saturated heterocycles. The van der Waals surface area contributed by atoms with Gasteiger partial charge in [-0.25, -0.2) is 0 Å². The fraction of sp³-hybridized carbons (Fsp3) is 0.500. The first kappa shape index (κ1) is 14.3. The minimum atomic E-state index is -0.121. The van der Waals surface area contributed by atoms with Crippen molar-refractivity contribution in [3.63, 3.8) is 0 Å². The van der Waals surface area contributed by atoms with Gasteiger partial charge in [0.25, 0.3) is 0 Å². The first-order chi connectivity index (χ1) is 9.13. The Balaban J connectivity index is 2.17. The average molecular weight is 282 g/mol. The van der Waals surface area contributed by atoms with Crippen LogP contribution in [0.1, 0.15) is 18.5 Å². The zero-order chi connectivity index (χ0) is 13.8. The highest BCUT2D eigenvalue weighted by molar-refractivity contribution is 6.30. The molecule has 2 rings (SSSR count). The van der Waals surface area contributed by atoms with E-state index in [1.54, 1.807) is 7.05 Å². The Morgan fingerprint density at radius 1 is 1.47 bits per heavy atom. The van der Waals surface area contributed by atoms with Gasteiger partial charge in [-0.2, -0.15) is 0 Å². The van der Waals surface area contributed by atoms with Crippen molar-refractivity contribution in [2.24, 2.45) is 0 Å². The molecule has 104 valence electrons. The topological polar surface area (TPSA) is 44.4 Å². The van der Waals surface area contributed by atoms with Gasteiger partial charge in [-0.1, -0.05) is 23.7 Å². The van der Waals surface area contributed by atoms with Crippen molar-refractivity contribution in [3.8, 4) is 0 Å². The van der Waals surface area contributed by atoms with Gasteiger partial charge < -0.3 is 10.6 Å². The Bertz CT molecular complexity index is 435. The highest BCUT2D eigenvalue weighted by Gasteiger charge is 2.31. The Kier molecular flexibility index (Phi) is 4.80. The smallest absolute Gasteiger partial charge is 0.238 e. The first-order valence-corrected chi connectivity index (χ1v) is 6.95. The third-order valence-electron chi connectivity index (χ3n) is 3.68. The van der Waals surface area contributed by atoms with Gasteiger partial charge in [-0.05, 0) is 24.6 Å². The van der Waals surface area contributed by atoms with E-state index >= 15 is 0 Å². The van der Waals surface area contributed by atoms with Crippen LogP contribution in [0.2, 0.25) is 5.02 Å². The van der Waals surface area contributed by atoms with Gasteiger partial charge in [0.2, 0.25) is 5.91 Å². The van der Waals surface area contributed by atoms with E-state index in [-0.39, 0.29) is 18.0 Å². The van der Waals surface area contributed by atoms with Gasteiger partial charge in [-0.3, -0.25) is 9.69 Å². The summed E-state index contributed by atoms with van der Waals surface area (Å²) >= 11 is 5.92. The summed E-state index contributed by atoms with van der Waals surface area (Å²) in [6.45, 7) is 4.59. The lowest BCUT2D eigenvalue weighted by atomic mass is 10.0. The molecule has 2 N–H and O–H groups in total. The molecule has 4 nitrogen and oxygen atoms in total. The van der Waals surface area contributed by atoms with Crippen molar-refractivity contribution in [2.75, 3.05) is 26.7 Å². The first-order valence-electron chi connectivity index (χ1n) is 6.57. The average Bonchev–Trinajstić information content (AvgIpc) is 2.46. The molecule has 5 heteroatoms. The summed E-state index contributed by atoms with van der Waals surface area (Å²) in [5.74, 6) is 0.0630. The molecule has 2 unspecified atom stereocenters. The van der Waals surface area contributed by atoms with Crippen LogP contribution in [0.25, 0.3) is 0 Å². The SMILES string of the molecule is CNC(=O)C1CNCCN1C(C)c1ccc(Cl)cc1. The summed E-state index contributed by atoms with van der Waals surface area (Å²) in [6, 6.07) is 7.91. The molecule has 1 aliphatic heterocycles. The van der Waals surface area contributed by atoms with Crippen LogP contribution in [0.5, 0.6) is 0 Å². The van der Waals surface area contributed by atoms with Crippen molar-refractivity contribution in [2.45, 2.75) is 19.0 Å². The standard InChI is InChI=1S/C14H20ClN3O/c1-10(11-3-5-12(15)6-4-11)18-8-7-17-9-13(18)14(19)16-2/h3-6,10,13,17H,7-9H2,1-2H3,(H,16,19). The maximum Gasteiger partial charge on any atom is 0.238 e. The normalized spacial score (nSPS) is 21.9. The number of hydrogen-bond donors (Lipinski definition) is 2. The number of nitrogens with one attached hydrogen (secondary N) is 2. The molecule has 0 spiro atoms. The fourth-order valence-electron chi connectivity index (χ4n) is 2.53. The molecule has 19 heavy (non-hydrogen) atoms. The van der Waals surface area contributed by atoms with Gasteiger partial charge in [0.15, 0.2) is 0 Å². The van der Waals surface area contributed by atoms with Crippen molar-refractivity contribution in [1.29, 1.82) is 0 Å². The number of piperazine rings is 1. The predicted molar refractivity (Wildman–Crippen MR) is 77.3 cm³/mol. The van der Waals surface area contributed by atoms with Crippen LogP contribution < -0.4 is 10.6 Å². The van der Waals surface area contributed by atoms with Crippen LogP contribution in [0.15, 0.2) is 24.3 Å². The van der Waals surface area contributed by atoms with Crippen molar-refractivity contribution in [3.05, 3.63) is 34.9 Å². The molecule has 1 aromatic rings. The maximum absolute atomic E-state index is 12.0. The monoisotopic (exact) mass is 281 g/mol. The lowest BCUT2D eigenvalue weighted by Gasteiger charge is -2.39. The molecule has 0 saturated carbocycles. The van der Waals surface area contributed by atoms with Gasteiger partial charge >= 0.3 is 0 Å². The highest BCUT2D eigenvalue weighted by atomic mass is 35.5. The Morgan fingerprint density at radius 3 is 2.79 bits per heavy atom. The van der Waals surface area contributed by atoms with Crippen LogP contribution in [-0.4, -0.2) is 43.5 Å². The Hall–Kier alpha value is -1.10. The molecule has 0 radical (unpaired) electrons. The van der Waals surface area contributed by atoms with Crippen LogP contribution in [-0.2, 0) is 4.79 Å². The highest BCUT2D eigenvalue weighted by Crippen LogP contribution is 2.24. The molecule has 1 amide bonds. The van der Waals surface area contributed by atoms with Crippen LogP contribution >= 0.6 is 11.6 Å². The molecule has 0 bridgehead atoms. The second-order valence-corrected chi connectivity index (χ2v) is 5.24. The number of benzene rings is 1. The number of carbonyl (C=O) groups is 1. The van der Waals surface area contributed by atoms with Gasteiger partial charge in [0.1, 0.15) is 6.04 Å². The lowest BCUT2D eigenvalue weighted by Crippen LogP contribution is -2.57. The molecule has 1 aliphatic rings.